The van der Waals surface area contributed by atoms with Crippen molar-refractivity contribution in [3.8, 4) is 5.75 Å². The normalized spacial score (nSPS) is 14.2. The maximum absolute atomic E-state index is 13.4. The number of sulfonamides is 1. The molecule has 34 heavy (non-hydrogen) atoms. The molecule has 178 valence electrons. The zero-order valence-corrected chi connectivity index (χ0v) is 21.9. The molecule has 3 aromatic carbocycles. The van der Waals surface area contributed by atoms with Gasteiger partial charge in [0.15, 0.2) is 0 Å². The van der Waals surface area contributed by atoms with Gasteiger partial charge in [0.25, 0.3) is 0 Å². The van der Waals surface area contributed by atoms with Gasteiger partial charge in [0.2, 0.25) is 15.9 Å². The van der Waals surface area contributed by atoms with E-state index < -0.39 is 22.0 Å². The number of benzene rings is 3. The Kier molecular flexibility index (Phi) is 7.90. The summed E-state index contributed by atoms with van der Waals surface area (Å²) < 4.78 is 35.3. The predicted octanol–water partition coefficient (Wildman–Crippen LogP) is 4.71. The van der Waals surface area contributed by atoms with Gasteiger partial charge in [-0.1, -0.05) is 30.3 Å². The summed E-state index contributed by atoms with van der Waals surface area (Å²) in [6.07, 6.45) is 4.41. The number of hydrogen-bond acceptors (Lipinski definition) is 4. The predicted molar refractivity (Wildman–Crippen MR) is 142 cm³/mol. The van der Waals surface area contributed by atoms with Gasteiger partial charge in [0, 0.05) is 3.57 Å². The highest BCUT2D eigenvalue weighted by Crippen LogP contribution is 2.33. The minimum absolute atomic E-state index is 0.116. The molecule has 1 amide bonds. The summed E-state index contributed by atoms with van der Waals surface area (Å²) in [5.74, 6) is 0.139. The Morgan fingerprint density at radius 2 is 1.65 bits per heavy atom. The van der Waals surface area contributed by atoms with Crippen molar-refractivity contribution in [2.75, 3.05) is 12.4 Å². The molecule has 0 spiro atoms. The van der Waals surface area contributed by atoms with Gasteiger partial charge in [-0.05, 0) is 108 Å². The number of carbonyl (C=O) groups excluding carboxylic acids is 1. The topological polar surface area (TPSA) is 84.5 Å². The minimum Gasteiger partial charge on any atom is -0.495 e. The molecule has 0 aliphatic heterocycles. The molecule has 1 atom stereocenters. The molecule has 2 N–H and O–H groups in total. The lowest BCUT2D eigenvalue weighted by atomic mass is 9.91. The van der Waals surface area contributed by atoms with Crippen molar-refractivity contribution in [1.82, 2.24) is 4.72 Å². The Hall–Kier alpha value is -2.43. The van der Waals surface area contributed by atoms with Gasteiger partial charge in [0.1, 0.15) is 11.8 Å². The Balaban J connectivity index is 1.62. The van der Waals surface area contributed by atoms with Crippen molar-refractivity contribution in [2.45, 2.75) is 43.0 Å². The first-order valence-electron chi connectivity index (χ1n) is 11.2. The summed E-state index contributed by atoms with van der Waals surface area (Å²) in [7, 11) is -2.34. The van der Waals surface area contributed by atoms with E-state index >= 15 is 0 Å². The summed E-state index contributed by atoms with van der Waals surface area (Å²) in [5, 5.41) is 2.92. The van der Waals surface area contributed by atoms with Crippen LogP contribution >= 0.6 is 22.6 Å². The first kappa shape index (κ1) is 24.7. The first-order valence-corrected chi connectivity index (χ1v) is 13.7. The lowest BCUT2D eigenvalue weighted by Gasteiger charge is -2.22. The van der Waals surface area contributed by atoms with Crippen LogP contribution in [0.25, 0.3) is 0 Å². The Labute approximate surface area is 214 Å². The third-order valence-electron chi connectivity index (χ3n) is 5.94. The van der Waals surface area contributed by atoms with E-state index in [4.69, 9.17) is 4.74 Å². The van der Waals surface area contributed by atoms with Crippen LogP contribution in [0.5, 0.6) is 5.75 Å². The number of fused-ring (bicyclic) bond motifs is 1. The van der Waals surface area contributed by atoms with Gasteiger partial charge in [-0.15, -0.1) is 0 Å². The number of amides is 1. The molecule has 3 aromatic rings. The molecular weight excluding hydrogens is 563 g/mol. The van der Waals surface area contributed by atoms with Gasteiger partial charge in [-0.25, -0.2) is 8.42 Å². The van der Waals surface area contributed by atoms with E-state index in [-0.39, 0.29) is 11.3 Å². The molecule has 1 aliphatic rings. The molecule has 0 saturated heterocycles. The van der Waals surface area contributed by atoms with E-state index in [0.717, 1.165) is 34.8 Å². The summed E-state index contributed by atoms with van der Waals surface area (Å²) in [6.45, 7) is 0. The van der Waals surface area contributed by atoms with Crippen LogP contribution in [0, 0.1) is 3.57 Å². The molecule has 0 bridgehead atoms. The first-order chi connectivity index (χ1) is 16.4. The lowest BCUT2D eigenvalue weighted by molar-refractivity contribution is -0.117. The van der Waals surface area contributed by atoms with E-state index in [1.54, 1.807) is 19.2 Å². The fraction of sp³-hybridized carbons (Fsp3) is 0.269. The van der Waals surface area contributed by atoms with E-state index in [0.29, 0.717) is 11.4 Å². The second-order valence-corrected chi connectivity index (χ2v) is 11.3. The third kappa shape index (κ3) is 5.97. The molecule has 8 heteroatoms. The number of rotatable bonds is 8. The molecule has 6 nitrogen and oxygen atoms in total. The molecule has 4 rings (SSSR count). The Morgan fingerprint density at radius 3 is 2.29 bits per heavy atom. The molecule has 0 aromatic heterocycles. The fourth-order valence-electron chi connectivity index (χ4n) is 4.16. The number of carbonyl (C=O) groups is 1. The van der Waals surface area contributed by atoms with Crippen LogP contribution in [-0.2, 0) is 34.1 Å². The van der Waals surface area contributed by atoms with Gasteiger partial charge in [0.05, 0.1) is 17.7 Å². The monoisotopic (exact) mass is 590 g/mol. The molecule has 0 fully saturated rings. The van der Waals surface area contributed by atoms with Crippen molar-refractivity contribution in [1.29, 1.82) is 0 Å². The van der Waals surface area contributed by atoms with Crippen molar-refractivity contribution >= 4 is 44.2 Å². The van der Waals surface area contributed by atoms with Crippen molar-refractivity contribution in [3.63, 3.8) is 0 Å². The standard InChI is InChI=1S/C26H27IN2O4S/c1-33-25-17-20-10-6-5-9-19(20)16-23(25)28-26(30)24(15-18-7-3-2-4-8-18)29-34(31,32)22-13-11-21(27)12-14-22/h2-4,7-8,11-14,16-17,24,29H,5-6,9-10,15H2,1H3,(H,28,30). The zero-order valence-electron chi connectivity index (χ0n) is 18.9. The smallest absolute Gasteiger partial charge is 0.243 e. The molecule has 0 heterocycles. The quantitative estimate of drug-likeness (QED) is 0.373. The van der Waals surface area contributed by atoms with Crippen LogP contribution < -0.4 is 14.8 Å². The van der Waals surface area contributed by atoms with Gasteiger partial charge in [-0.3, -0.25) is 4.79 Å². The average molecular weight is 590 g/mol. The van der Waals surface area contributed by atoms with Crippen molar-refractivity contribution < 1.29 is 17.9 Å². The third-order valence-corrected chi connectivity index (χ3v) is 8.15. The van der Waals surface area contributed by atoms with Crippen LogP contribution in [0.2, 0.25) is 0 Å². The average Bonchev–Trinajstić information content (AvgIpc) is 2.84. The second-order valence-electron chi connectivity index (χ2n) is 8.34. The van der Waals surface area contributed by atoms with Crippen molar-refractivity contribution in [2.24, 2.45) is 0 Å². The minimum atomic E-state index is -3.91. The van der Waals surface area contributed by atoms with Crippen LogP contribution in [0.1, 0.15) is 29.5 Å². The number of nitrogens with one attached hydrogen (secondary N) is 2. The summed E-state index contributed by atoms with van der Waals surface area (Å²) in [6, 6.07) is 18.8. The summed E-state index contributed by atoms with van der Waals surface area (Å²) in [5.41, 5.74) is 3.84. The number of aryl methyl sites for hydroxylation is 2. The molecule has 1 unspecified atom stereocenters. The number of methoxy groups -OCH3 is 1. The number of hydrogen-bond donors (Lipinski definition) is 2. The van der Waals surface area contributed by atoms with Crippen LogP contribution in [0.3, 0.4) is 0 Å². The van der Waals surface area contributed by atoms with E-state index in [1.807, 2.05) is 42.5 Å². The summed E-state index contributed by atoms with van der Waals surface area (Å²) >= 11 is 2.12. The van der Waals surface area contributed by atoms with Crippen LogP contribution in [0.15, 0.2) is 71.6 Å². The summed E-state index contributed by atoms with van der Waals surface area (Å²) in [4.78, 5) is 13.5. The van der Waals surface area contributed by atoms with Gasteiger partial charge in [-0.2, -0.15) is 4.72 Å². The zero-order chi connectivity index (χ0) is 24.1. The van der Waals surface area contributed by atoms with Crippen molar-refractivity contribution in [3.05, 3.63) is 87.0 Å². The molecular formula is C26H27IN2O4S. The van der Waals surface area contributed by atoms with Crippen LogP contribution in [-0.4, -0.2) is 27.5 Å². The molecule has 1 aliphatic carbocycles. The molecule has 0 saturated carbocycles. The Bertz CT molecular complexity index is 1260. The van der Waals surface area contributed by atoms with Gasteiger partial charge < -0.3 is 10.1 Å². The highest BCUT2D eigenvalue weighted by molar-refractivity contribution is 14.1. The van der Waals surface area contributed by atoms with Crippen LogP contribution in [0.4, 0.5) is 5.69 Å². The number of halogens is 1. The second kappa shape index (κ2) is 10.9. The van der Waals surface area contributed by atoms with Gasteiger partial charge >= 0.3 is 0 Å². The van der Waals surface area contributed by atoms with E-state index in [9.17, 15) is 13.2 Å². The highest BCUT2D eigenvalue weighted by Gasteiger charge is 2.27. The van der Waals surface area contributed by atoms with E-state index in [2.05, 4.69) is 32.6 Å². The number of anilines is 1. The molecule has 0 radical (unpaired) electrons. The lowest BCUT2D eigenvalue weighted by Crippen LogP contribution is -2.45. The Morgan fingerprint density at radius 1 is 1.00 bits per heavy atom. The largest absolute Gasteiger partial charge is 0.495 e. The maximum atomic E-state index is 13.4. The fourth-order valence-corrected chi connectivity index (χ4v) is 5.71. The van der Waals surface area contributed by atoms with E-state index in [1.165, 1.54) is 23.3 Å². The number of ether oxygens (including phenoxy) is 1. The SMILES string of the molecule is COc1cc2c(cc1NC(=O)C(Cc1ccccc1)NS(=O)(=O)c1ccc(I)cc1)CCCC2. The maximum Gasteiger partial charge on any atom is 0.243 e. The highest BCUT2D eigenvalue weighted by atomic mass is 127.